The molecule has 0 aliphatic carbocycles. The predicted molar refractivity (Wildman–Crippen MR) is 72.9 cm³/mol. The van der Waals surface area contributed by atoms with Gasteiger partial charge in [-0.25, -0.2) is 0 Å². The number of carbonyl (C=O) groups excluding carboxylic acids is 1. The van der Waals surface area contributed by atoms with Crippen molar-refractivity contribution in [3.63, 3.8) is 0 Å². The summed E-state index contributed by atoms with van der Waals surface area (Å²) in [4.78, 5) is 22.3. The maximum atomic E-state index is 12.7. The minimum Gasteiger partial charge on any atom is -0.481 e. The van der Waals surface area contributed by atoms with Gasteiger partial charge in [-0.3, -0.25) is 9.59 Å². The molecule has 1 unspecified atom stereocenters. The third-order valence-electron chi connectivity index (χ3n) is 2.82. The van der Waals surface area contributed by atoms with Crippen molar-refractivity contribution in [2.45, 2.75) is 19.5 Å². The van der Waals surface area contributed by atoms with Crippen LogP contribution in [0.25, 0.3) is 0 Å². The van der Waals surface area contributed by atoms with Crippen molar-refractivity contribution < 1.29 is 27.9 Å². The molecule has 0 bridgehead atoms. The third kappa shape index (κ3) is 5.04. The van der Waals surface area contributed by atoms with Gasteiger partial charge in [0.25, 0.3) is 5.91 Å². The Labute approximate surface area is 127 Å². The Balaban J connectivity index is 2.73. The van der Waals surface area contributed by atoms with E-state index < -0.39 is 29.5 Å². The summed E-state index contributed by atoms with van der Waals surface area (Å²) in [6.07, 6.45) is -4.36. The lowest BCUT2D eigenvalue weighted by molar-refractivity contribution is -0.141. The van der Waals surface area contributed by atoms with Crippen molar-refractivity contribution in [3.8, 4) is 0 Å². The second-order valence-electron chi connectivity index (χ2n) is 4.48. The van der Waals surface area contributed by atoms with E-state index in [4.69, 9.17) is 5.11 Å². The normalized spacial score (nSPS) is 12.8. The number of carboxylic acids is 1. The first kappa shape index (κ1) is 17.5. The summed E-state index contributed by atoms with van der Waals surface area (Å²) < 4.78 is 38.0. The molecule has 0 aliphatic rings. The van der Waals surface area contributed by atoms with Crippen LogP contribution in [0.4, 0.5) is 13.2 Å². The van der Waals surface area contributed by atoms with Crippen molar-refractivity contribution in [2.75, 3.05) is 6.54 Å². The molecular weight excluding hydrogens is 355 g/mol. The molecule has 0 aliphatic heterocycles. The lowest BCUT2D eigenvalue weighted by Gasteiger charge is -2.12. The fraction of sp³-hybridized carbons (Fsp3) is 0.385. The van der Waals surface area contributed by atoms with Gasteiger partial charge in [-0.05, 0) is 24.6 Å². The highest BCUT2D eigenvalue weighted by Crippen LogP contribution is 2.35. The molecular formula is C13H13BrF3NO3. The second kappa shape index (κ2) is 6.93. The lowest BCUT2D eigenvalue weighted by atomic mass is 10.1. The first-order valence-electron chi connectivity index (χ1n) is 6.00. The highest BCUT2D eigenvalue weighted by atomic mass is 79.9. The molecule has 21 heavy (non-hydrogen) atoms. The highest BCUT2D eigenvalue weighted by molar-refractivity contribution is 9.10. The summed E-state index contributed by atoms with van der Waals surface area (Å²) in [5.41, 5.74) is -1.07. The molecule has 0 saturated heterocycles. The van der Waals surface area contributed by atoms with Gasteiger partial charge in [-0.1, -0.05) is 22.9 Å². The van der Waals surface area contributed by atoms with Crippen LogP contribution in [-0.2, 0) is 11.0 Å². The van der Waals surface area contributed by atoms with Crippen molar-refractivity contribution in [3.05, 3.63) is 33.8 Å². The standard InChI is InChI=1S/C13H13BrF3NO3/c1-7(12(20)21)4-5-18-11(19)8-2-3-10(14)9(6-8)13(15,16)17/h2-3,6-7H,4-5H2,1H3,(H,18,19)(H,20,21). The maximum absolute atomic E-state index is 12.7. The highest BCUT2D eigenvalue weighted by Gasteiger charge is 2.33. The number of amides is 1. The van der Waals surface area contributed by atoms with E-state index in [1.165, 1.54) is 13.0 Å². The minimum absolute atomic E-state index is 0.0731. The van der Waals surface area contributed by atoms with E-state index in [1.54, 1.807) is 0 Å². The number of carboxylic acid groups (broad SMARTS) is 1. The zero-order valence-corrected chi connectivity index (χ0v) is 12.6. The Bertz CT molecular complexity index is 546. The molecule has 0 spiro atoms. The fourth-order valence-corrected chi connectivity index (χ4v) is 1.98. The van der Waals surface area contributed by atoms with Gasteiger partial charge in [0.05, 0.1) is 11.5 Å². The van der Waals surface area contributed by atoms with E-state index in [1.807, 2.05) is 0 Å². The molecule has 4 nitrogen and oxygen atoms in total. The van der Waals surface area contributed by atoms with Gasteiger partial charge in [-0.2, -0.15) is 13.2 Å². The molecule has 8 heteroatoms. The summed E-state index contributed by atoms with van der Waals surface area (Å²) in [5, 5.41) is 11.1. The average Bonchev–Trinajstić information content (AvgIpc) is 2.37. The van der Waals surface area contributed by atoms with Crippen LogP contribution in [0.1, 0.15) is 29.3 Å². The van der Waals surface area contributed by atoms with Crippen LogP contribution in [0, 0.1) is 5.92 Å². The van der Waals surface area contributed by atoms with Gasteiger partial charge in [0, 0.05) is 16.6 Å². The van der Waals surface area contributed by atoms with Crippen LogP contribution in [0.15, 0.2) is 22.7 Å². The number of hydrogen-bond donors (Lipinski definition) is 2. The molecule has 1 atom stereocenters. The summed E-state index contributed by atoms with van der Waals surface area (Å²) >= 11 is 2.79. The molecule has 2 N–H and O–H groups in total. The van der Waals surface area contributed by atoms with Crippen LogP contribution < -0.4 is 5.32 Å². The minimum atomic E-state index is -4.56. The number of carbonyl (C=O) groups is 2. The zero-order chi connectivity index (χ0) is 16.2. The third-order valence-corrected chi connectivity index (χ3v) is 3.51. The summed E-state index contributed by atoms with van der Waals surface area (Å²) in [6, 6.07) is 3.16. The van der Waals surface area contributed by atoms with E-state index in [0.717, 1.165) is 12.1 Å². The Morgan fingerprint density at radius 3 is 2.52 bits per heavy atom. The van der Waals surface area contributed by atoms with Crippen molar-refractivity contribution >= 4 is 27.8 Å². The van der Waals surface area contributed by atoms with E-state index in [-0.39, 0.29) is 23.0 Å². The number of alkyl halides is 3. The Morgan fingerprint density at radius 1 is 1.38 bits per heavy atom. The number of nitrogens with one attached hydrogen (secondary N) is 1. The second-order valence-corrected chi connectivity index (χ2v) is 5.33. The number of rotatable bonds is 5. The molecule has 0 saturated carbocycles. The number of benzene rings is 1. The first-order valence-corrected chi connectivity index (χ1v) is 6.80. The maximum Gasteiger partial charge on any atom is 0.417 e. The molecule has 1 aromatic carbocycles. The van der Waals surface area contributed by atoms with E-state index in [2.05, 4.69) is 21.2 Å². The van der Waals surface area contributed by atoms with E-state index in [9.17, 15) is 22.8 Å². The fourth-order valence-electron chi connectivity index (χ4n) is 1.51. The van der Waals surface area contributed by atoms with Gasteiger partial charge < -0.3 is 10.4 Å². The van der Waals surface area contributed by atoms with Gasteiger partial charge in [0.2, 0.25) is 0 Å². The summed E-state index contributed by atoms with van der Waals surface area (Å²) in [6.45, 7) is 1.56. The quantitative estimate of drug-likeness (QED) is 0.838. The van der Waals surface area contributed by atoms with Crippen molar-refractivity contribution in [2.24, 2.45) is 5.92 Å². The topological polar surface area (TPSA) is 66.4 Å². The molecule has 1 aromatic rings. The Kier molecular flexibility index (Phi) is 5.77. The number of hydrogen-bond acceptors (Lipinski definition) is 2. The predicted octanol–water partition coefficient (Wildman–Crippen LogP) is 3.31. The Morgan fingerprint density at radius 2 is 2.00 bits per heavy atom. The molecule has 116 valence electrons. The lowest BCUT2D eigenvalue weighted by Crippen LogP contribution is -2.27. The van der Waals surface area contributed by atoms with Crippen LogP contribution >= 0.6 is 15.9 Å². The molecule has 0 radical (unpaired) electrons. The first-order chi connectivity index (χ1) is 9.62. The van der Waals surface area contributed by atoms with Crippen molar-refractivity contribution in [1.29, 1.82) is 0 Å². The summed E-state index contributed by atoms with van der Waals surface area (Å²) in [7, 11) is 0. The smallest absolute Gasteiger partial charge is 0.417 e. The largest absolute Gasteiger partial charge is 0.481 e. The summed E-state index contributed by atoms with van der Waals surface area (Å²) in [5.74, 6) is -2.31. The zero-order valence-electron chi connectivity index (χ0n) is 11.0. The van der Waals surface area contributed by atoms with Gasteiger partial charge in [-0.15, -0.1) is 0 Å². The van der Waals surface area contributed by atoms with Crippen LogP contribution in [-0.4, -0.2) is 23.5 Å². The van der Waals surface area contributed by atoms with Crippen LogP contribution in [0.2, 0.25) is 0 Å². The number of halogens is 4. The van der Waals surface area contributed by atoms with Gasteiger partial charge in [0.1, 0.15) is 0 Å². The average molecular weight is 368 g/mol. The van der Waals surface area contributed by atoms with Crippen LogP contribution in [0.3, 0.4) is 0 Å². The molecule has 1 amide bonds. The molecule has 0 heterocycles. The SMILES string of the molecule is CC(CCNC(=O)c1ccc(Br)c(C(F)(F)F)c1)C(=O)O. The molecule has 0 fully saturated rings. The van der Waals surface area contributed by atoms with E-state index in [0.29, 0.717) is 0 Å². The molecule has 1 rings (SSSR count). The van der Waals surface area contributed by atoms with Gasteiger partial charge in [0.15, 0.2) is 0 Å². The van der Waals surface area contributed by atoms with Crippen molar-refractivity contribution in [1.82, 2.24) is 5.32 Å². The van der Waals surface area contributed by atoms with Gasteiger partial charge >= 0.3 is 12.1 Å². The monoisotopic (exact) mass is 367 g/mol. The Hall–Kier alpha value is -1.57. The van der Waals surface area contributed by atoms with E-state index >= 15 is 0 Å². The number of aliphatic carboxylic acids is 1. The van der Waals surface area contributed by atoms with Crippen LogP contribution in [0.5, 0.6) is 0 Å². The molecule has 0 aromatic heterocycles.